The van der Waals surface area contributed by atoms with E-state index in [1.54, 1.807) is 42.7 Å². The lowest BCUT2D eigenvalue weighted by Crippen LogP contribution is -2.21. The number of hydrogen-bond donors (Lipinski definition) is 1. The third-order valence-electron chi connectivity index (χ3n) is 3.97. The number of nitrogens with one attached hydrogen (secondary N) is 1. The van der Waals surface area contributed by atoms with E-state index in [4.69, 9.17) is 9.47 Å². The quantitative estimate of drug-likeness (QED) is 0.843. The fraction of sp³-hybridized carbons (Fsp3) is 0.333. The van der Waals surface area contributed by atoms with Gasteiger partial charge in [0.15, 0.2) is 6.61 Å². The summed E-state index contributed by atoms with van der Waals surface area (Å²) >= 11 is 1.61. The van der Waals surface area contributed by atoms with Gasteiger partial charge >= 0.3 is 5.97 Å². The number of rotatable bonds is 5. The fourth-order valence-electron chi connectivity index (χ4n) is 2.77. The zero-order chi connectivity index (χ0) is 16.9. The third kappa shape index (κ3) is 3.76. The van der Waals surface area contributed by atoms with Crippen molar-refractivity contribution in [1.82, 2.24) is 0 Å². The predicted octanol–water partition coefficient (Wildman–Crippen LogP) is 3.43. The van der Waals surface area contributed by atoms with Crippen LogP contribution in [0.4, 0.5) is 5.69 Å². The van der Waals surface area contributed by atoms with Gasteiger partial charge in [0.1, 0.15) is 5.75 Å². The summed E-state index contributed by atoms with van der Waals surface area (Å²) in [5, 5.41) is 4.53. The molecule has 1 N–H and O–H groups in total. The Labute approximate surface area is 144 Å². The molecule has 0 atom stereocenters. The molecule has 2 aromatic rings. The van der Waals surface area contributed by atoms with Crippen molar-refractivity contribution in [2.75, 3.05) is 19.0 Å². The van der Waals surface area contributed by atoms with Crippen molar-refractivity contribution in [2.24, 2.45) is 0 Å². The van der Waals surface area contributed by atoms with E-state index in [-0.39, 0.29) is 12.5 Å². The number of aryl methyl sites for hydroxylation is 1. The summed E-state index contributed by atoms with van der Waals surface area (Å²) in [5.41, 5.74) is 2.32. The van der Waals surface area contributed by atoms with Gasteiger partial charge in [0, 0.05) is 22.0 Å². The Bertz CT molecular complexity index is 753. The molecule has 1 aliphatic carbocycles. The summed E-state index contributed by atoms with van der Waals surface area (Å²) in [4.78, 5) is 25.4. The molecule has 0 spiro atoms. The Morgan fingerprint density at radius 3 is 2.92 bits per heavy atom. The van der Waals surface area contributed by atoms with Crippen LogP contribution in [0.5, 0.6) is 5.75 Å². The van der Waals surface area contributed by atoms with E-state index >= 15 is 0 Å². The van der Waals surface area contributed by atoms with Crippen LogP contribution in [0.25, 0.3) is 0 Å². The average molecular weight is 345 g/mol. The van der Waals surface area contributed by atoms with Crippen molar-refractivity contribution in [2.45, 2.75) is 25.7 Å². The first-order valence-corrected chi connectivity index (χ1v) is 8.75. The number of amides is 1. The molecular weight excluding hydrogens is 326 g/mol. The SMILES string of the molecule is COc1cccc(NC(=O)COC(=O)c2csc3c2CCCC3)c1. The number of methoxy groups -OCH3 is 1. The molecule has 1 aromatic heterocycles. The maximum atomic E-state index is 12.2. The molecule has 0 unspecified atom stereocenters. The Morgan fingerprint density at radius 2 is 2.08 bits per heavy atom. The van der Waals surface area contributed by atoms with Crippen LogP contribution < -0.4 is 10.1 Å². The number of fused-ring (bicyclic) bond motifs is 1. The van der Waals surface area contributed by atoms with Crippen molar-refractivity contribution < 1.29 is 19.1 Å². The summed E-state index contributed by atoms with van der Waals surface area (Å²) in [5.74, 6) is -0.148. The maximum Gasteiger partial charge on any atom is 0.339 e. The zero-order valence-corrected chi connectivity index (χ0v) is 14.3. The smallest absolute Gasteiger partial charge is 0.339 e. The minimum atomic E-state index is -0.421. The van der Waals surface area contributed by atoms with E-state index in [0.29, 0.717) is 17.0 Å². The van der Waals surface area contributed by atoms with Crippen LogP contribution in [0.2, 0.25) is 0 Å². The molecule has 0 radical (unpaired) electrons. The second kappa shape index (κ2) is 7.49. The van der Waals surface area contributed by atoms with E-state index in [0.717, 1.165) is 24.8 Å². The van der Waals surface area contributed by atoms with Crippen molar-refractivity contribution in [3.63, 3.8) is 0 Å². The van der Waals surface area contributed by atoms with Crippen LogP contribution in [0.1, 0.15) is 33.6 Å². The number of ether oxygens (including phenoxy) is 2. The molecule has 0 aliphatic heterocycles. The molecule has 1 aromatic carbocycles. The van der Waals surface area contributed by atoms with Gasteiger partial charge in [-0.25, -0.2) is 4.79 Å². The van der Waals surface area contributed by atoms with Gasteiger partial charge in [-0.3, -0.25) is 4.79 Å². The third-order valence-corrected chi connectivity index (χ3v) is 5.06. The molecule has 0 fully saturated rings. The zero-order valence-electron chi connectivity index (χ0n) is 13.5. The van der Waals surface area contributed by atoms with Crippen molar-refractivity contribution in [3.05, 3.63) is 45.6 Å². The molecule has 126 valence electrons. The lowest BCUT2D eigenvalue weighted by atomic mass is 9.96. The molecule has 0 saturated heterocycles. The molecule has 0 saturated carbocycles. The number of hydrogen-bond acceptors (Lipinski definition) is 5. The summed E-state index contributed by atoms with van der Waals surface area (Å²) in [6.45, 7) is -0.305. The lowest BCUT2D eigenvalue weighted by Gasteiger charge is -2.12. The van der Waals surface area contributed by atoms with Crippen LogP contribution in [0.15, 0.2) is 29.6 Å². The molecule has 1 heterocycles. The van der Waals surface area contributed by atoms with Gasteiger partial charge in [0.05, 0.1) is 12.7 Å². The fourth-order valence-corrected chi connectivity index (χ4v) is 3.89. The number of thiophene rings is 1. The van der Waals surface area contributed by atoms with E-state index in [9.17, 15) is 9.59 Å². The largest absolute Gasteiger partial charge is 0.497 e. The first kappa shape index (κ1) is 16.5. The Hall–Kier alpha value is -2.34. The number of carbonyl (C=O) groups excluding carboxylic acids is 2. The number of esters is 1. The highest BCUT2D eigenvalue weighted by atomic mass is 32.1. The van der Waals surface area contributed by atoms with Gasteiger partial charge in [0.25, 0.3) is 5.91 Å². The molecule has 1 aliphatic rings. The number of benzene rings is 1. The van der Waals surface area contributed by atoms with Crippen LogP contribution in [-0.4, -0.2) is 25.6 Å². The van der Waals surface area contributed by atoms with Crippen molar-refractivity contribution >= 4 is 28.9 Å². The Kier molecular flexibility index (Phi) is 5.15. The van der Waals surface area contributed by atoms with Gasteiger partial charge in [-0.2, -0.15) is 0 Å². The second-order valence-corrected chi connectivity index (χ2v) is 6.58. The molecule has 24 heavy (non-hydrogen) atoms. The van der Waals surface area contributed by atoms with E-state index in [2.05, 4.69) is 5.32 Å². The highest BCUT2D eigenvalue weighted by Crippen LogP contribution is 2.30. The molecule has 5 nitrogen and oxygen atoms in total. The molecule has 0 bridgehead atoms. The monoisotopic (exact) mass is 345 g/mol. The van der Waals surface area contributed by atoms with Crippen LogP contribution >= 0.6 is 11.3 Å². The lowest BCUT2D eigenvalue weighted by molar-refractivity contribution is -0.119. The van der Waals surface area contributed by atoms with Gasteiger partial charge in [-0.15, -0.1) is 11.3 Å². The average Bonchev–Trinajstić information content (AvgIpc) is 3.04. The molecule has 1 amide bonds. The van der Waals surface area contributed by atoms with E-state index in [1.807, 2.05) is 5.38 Å². The summed E-state index contributed by atoms with van der Waals surface area (Å²) in [6.07, 6.45) is 4.22. The molecule has 6 heteroatoms. The topological polar surface area (TPSA) is 64.6 Å². The van der Waals surface area contributed by atoms with Crippen molar-refractivity contribution in [3.8, 4) is 5.75 Å². The second-order valence-electron chi connectivity index (χ2n) is 5.61. The first-order valence-electron chi connectivity index (χ1n) is 7.87. The minimum Gasteiger partial charge on any atom is -0.497 e. The van der Waals surface area contributed by atoms with Crippen LogP contribution in [0.3, 0.4) is 0 Å². The first-order chi connectivity index (χ1) is 11.7. The maximum absolute atomic E-state index is 12.2. The van der Waals surface area contributed by atoms with Crippen LogP contribution in [0, 0.1) is 0 Å². The van der Waals surface area contributed by atoms with Crippen molar-refractivity contribution in [1.29, 1.82) is 0 Å². The van der Waals surface area contributed by atoms with Gasteiger partial charge < -0.3 is 14.8 Å². The normalized spacial score (nSPS) is 13.0. The molecular formula is C18H19NO4S. The van der Waals surface area contributed by atoms with Crippen LogP contribution in [-0.2, 0) is 22.4 Å². The van der Waals surface area contributed by atoms with E-state index < -0.39 is 5.97 Å². The summed E-state index contributed by atoms with van der Waals surface area (Å²) < 4.78 is 10.3. The summed E-state index contributed by atoms with van der Waals surface area (Å²) in [6, 6.07) is 7.01. The predicted molar refractivity (Wildman–Crippen MR) is 92.9 cm³/mol. The highest BCUT2D eigenvalue weighted by molar-refractivity contribution is 7.10. The minimum absolute atomic E-state index is 0.305. The van der Waals surface area contributed by atoms with Gasteiger partial charge in [-0.1, -0.05) is 6.07 Å². The van der Waals surface area contributed by atoms with E-state index in [1.165, 1.54) is 11.3 Å². The molecule has 3 rings (SSSR count). The number of carbonyl (C=O) groups is 2. The highest BCUT2D eigenvalue weighted by Gasteiger charge is 2.21. The Morgan fingerprint density at radius 1 is 1.25 bits per heavy atom. The van der Waals surface area contributed by atoms with Gasteiger partial charge in [0.2, 0.25) is 0 Å². The number of anilines is 1. The standard InChI is InChI=1S/C18H19NO4S/c1-22-13-6-4-5-12(9-13)19-17(20)10-23-18(21)15-11-24-16-8-3-2-7-14(15)16/h4-6,9,11H,2-3,7-8,10H2,1H3,(H,19,20). The van der Waals surface area contributed by atoms with Gasteiger partial charge in [-0.05, 0) is 43.4 Å². The summed E-state index contributed by atoms with van der Waals surface area (Å²) in [7, 11) is 1.56. The Balaban J connectivity index is 1.56.